The molecule has 0 atom stereocenters. The van der Waals surface area contributed by atoms with Gasteiger partial charge in [-0.3, -0.25) is 0 Å². The summed E-state index contributed by atoms with van der Waals surface area (Å²) in [5, 5.41) is 16.4. The largest absolute Gasteiger partial charge is 0.207 e. The van der Waals surface area contributed by atoms with E-state index in [4.69, 9.17) is 16.9 Å². The van der Waals surface area contributed by atoms with Gasteiger partial charge in [-0.05, 0) is 30.3 Å². The van der Waals surface area contributed by atoms with E-state index in [1.165, 1.54) is 6.07 Å². The molecule has 0 N–H and O–H groups in total. The van der Waals surface area contributed by atoms with Crippen LogP contribution >= 0.6 is 11.6 Å². The van der Waals surface area contributed by atoms with Crippen LogP contribution in [0.5, 0.6) is 0 Å². The lowest BCUT2D eigenvalue weighted by atomic mass is 10.1. The highest BCUT2D eigenvalue weighted by Gasteiger charge is 2.04. The molecule has 0 bridgehead atoms. The van der Waals surface area contributed by atoms with E-state index in [2.05, 4.69) is 10.2 Å². The summed E-state index contributed by atoms with van der Waals surface area (Å²) in [6.07, 6.45) is 0. The van der Waals surface area contributed by atoms with Crippen molar-refractivity contribution in [1.82, 2.24) is 10.2 Å². The summed E-state index contributed by atoms with van der Waals surface area (Å²) in [4.78, 5) is 0. The van der Waals surface area contributed by atoms with Crippen molar-refractivity contribution in [2.24, 2.45) is 0 Å². The van der Waals surface area contributed by atoms with Crippen LogP contribution in [0.2, 0.25) is 5.15 Å². The van der Waals surface area contributed by atoms with Crippen LogP contribution in [0.25, 0.3) is 11.3 Å². The van der Waals surface area contributed by atoms with Crippen molar-refractivity contribution in [3.05, 3.63) is 46.9 Å². The summed E-state index contributed by atoms with van der Waals surface area (Å²) in [6.45, 7) is 0. The van der Waals surface area contributed by atoms with Crippen molar-refractivity contribution in [2.75, 3.05) is 0 Å². The molecule has 1 heterocycles. The molecule has 0 fully saturated rings. The number of rotatable bonds is 1. The molecule has 0 unspecified atom stereocenters. The van der Waals surface area contributed by atoms with Gasteiger partial charge in [-0.15, -0.1) is 10.2 Å². The number of hydrogen-bond acceptors (Lipinski definition) is 3. The van der Waals surface area contributed by atoms with Crippen molar-refractivity contribution in [2.45, 2.75) is 0 Å². The Morgan fingerprint density at radius 3 is 2.62 bits per heavy atom. The Labute approximate surface area is 96.1 Å². The zero-order valence-corrected chi connectivity index (χ0v) is 8.74. The lowest BCUT2D eigenvalue weighted by Crippen LogP contribution is -1.89. The van der Waals surface area contributed by atoms with Gasteiger partial charge in [-0.25, -0.2) is 4.39 Å². The molecule has 0 aliphatic carbocycles. The second-order valence-corrected chi connectivity index (χ2v) is 3.47. The summed E-state index contributed by atoms with van der Waals surface area (Å²) in [6, 6.07) is 9.04. The lowest BCUT2D eigenvalue weighted by Gasteiger charge is -2.00. The van der Waals surface area contributed by atoms with Gasteiger partial charge in [-0.1, -0.05) is 11.6 Å². The van der Waals surface area contributed by atoms with Gasteiger partial charge < -0.3 is 0 Å². The highest BCUT2D eigenvalue weighted by atomic mass is 35.5. The third kappa shape index (κ3) is 2.15. The van der Waals surface area contributed by atoms with E-state index in [1.807, 2.05) is 6.07 Å². The fourth-order valence-electron chi connectivity index (χ4n) is 1.27. The van der Waals surface area contributed by atoms with Crippen LogP contribution in [0, 0.1) is 17.1 Å². The second kappa shape index (κ2) is 4.25. The molecule has 0 aliphatic heterocycles. The van der Waals surface area contributed by atoms with E-state index in [0.717, 1.165) is 6.07 Å². The number of halogens is 2. The molecule has 0 saturated heterocycles. The summed E-state index contributed by atoms with van der Waals surface area (Å²) in [5.74, 6) is -0.481. The van der Waals surface area contributed by atoms with Crippen molar-refractivity contribution in [3.8, 4) is 17.3 Å². The fraction of sp³-hybridized carbons (Fsp3) is 0. The smallest absolute Gasteiger partial charge is 0.151 e. The predicted molar refractivity (Wildman–Crippen MR) is 57.2 cm³/mol. The van der Waals surface area contributed by atoms with Crippen molar-refractivity contribution < 1.29 is 4.39 Å². The Kier molecular flexibility index (Phi) is 2.80. The third-order valence-electron chi connectivity index (χ3n) is 1.95. The first-order chi connectivity index (χ1) is 7.69. The molecule has 1 aromatic carbocycles. The highest BCUT2D eigenvalue weighted by molar-refractivity contribution is 6.29. The molecule has 5 heteroatoms. The molecule has 1 aromatic heterocycles. The first-order valence-corrected chi connectivity index (χ1v) is 4.77. The number of nitriles is 1. The van der Waals surface area contributed by atoms with Gasteiger partial charge in [0, 0.05) is 5.56 Å². The third-order valence-corrected chi connectivity index (χ3v) is 2.16. The molecule has 2 rings (SSSR count). The summed E-state index contributed by atoms with van der Waals surface area (Å²) < 4.78 is 13.2. The van der Waals surface area contributed by atoms with Gasteiger partial charge in [0.25, 0.3) is 0 Å². The summed E-state index contributed by atoms with van der Waals surface area (Å²) >= 11 is 5.59. The molecule has 16 heavy (non-hydrogen) atoms. The highest BCUT2D eigenvalue weighted by Crippen LogP contribution is 2.20. The molecule has 0 radical (unpaired) electrons. The Hall–Kier alpha value is -1.99. The van der Waals surface area contributed by atoms with E-state index < -0.39 is 5.82 Å². The number of hydrogen-bond donors (Lipinski definition) is 0. The van der Waals surface area contributed by atoms with E-state index >= 15 is 0 Å². The monoisotopic (exact) mass is 233 g/mol. The van der Waals surface area contributed by atoms with E-state index in [-0.39, 0.29) is 10.7 Å². The minimum absolute atomic E-state index is 0.242. The minimum atomic E-state index is -0.481. The standard InChI is InChI=1S/C11H5ClFN3/c12-11-2-1-10(15-16-11)8-3-7(6-14)4-9(13)5-8/h1-5H. The molecular weight excluding hydrogens is 229 g/mol. The fourth-order valence-corrected chi connectivity index (χ4v) is 1.37. The van der Waals surface area contributed by atoms with Crippen molar-refractivity contribution >= 4 is 11.6 Å². The van der Waals surface area contributed by atoms with Crippen LogP contribution in [0.15, 0.2) is 30.3 Å². The van der Waals surface area contributed by atoms with Crippen molar-refractivity contribution in [3.63, 3.8) is 0 Å². The maximum absolute atomic E-state index is 13.2. The Bertz CT molecular complexity index is 560. The van der Waals surface area contributed by atoms with Gasteiger partial charge in [-0.2, -0.15) is 5.26 Å². The molecule has 78 valence electrons. The van der Waals surface area contributed by atoms with E-state index in [9.17, 15) is 4.39 Å². The molecule has 0 saturated carbocycles. The Morgan fingerprint density at radius 2 is 2.00 bits per heavy atom. The topological polar surface area (TPSA) is 49.6 Å². The van der Waals surface area contributed by atoms with Gasteiger partial charge in [0.1, 0.15) is 5.82 Å². The summed E-state index contributed by atoms with van der Waals surface area (Å²) in [7, 11) is 0. The van der Waals surface area contributed by atoms with Gasteiger partial charge in [0.05, 0.1) is 17.3 Å². The zero-order valence-electron chi connectivity index (χ0n) is 7.98. The van der Waals surface area contributed by atoms with Gasteiger partial charge in [0.2, 0.25) is 0 Å². The number of nitrogens with zero attached hydrogens (tertiary/aromatic N) is 3. The number of aromatic nitrogens is 2. The van der Waals surface area contributed by atoms with Crippen molar-refractivity contribution in [1.29, 1.82) is 5.26 Å². The molecule has 0 amide bonds. The first kappa shape index (κ1) is 10.5. The van der Waals surface area contributed by atoms with Crippen LogP contribution in [0.4, 0.5) is 4.39 Å². The summed E-state index contributed by atoms with van der Waals surface area (Å²) in [5.41, 5.74) is 1.22. The first-order valence-electron chi connectivity index (χ1n) is 4.39. The van der Waals surface area contributed by atoms with Crippen LogP contribution in [0.1, 0.15) is 5.56 Å². The quantitative estimate of drug-likeness (QED) is 0.761. The Morgan fingerprint density at radius 1 is 1.19 bits per heavy atom. The average Bonchev–Trinajstić information content (AvgIpc) is 2.29. The zero-order chi connectivity index (χ0) is 11.5. The molecule has 0 spiro atoms. The number of benzene rings is 1. The van der Waals surface area contributed by atoms with E-state index in [1.54, 1.807) is 18.2 Å². The van der Waals surface area contributed by atoms with Gasteiger partial charge in [0.15, 0.2) is 5.15 Å². The molecule has 2 aromatic rings. The van der Waals surface area contributed by atoms with Crippen LogP contribution < -0.4 is 0 Å². The van der Waals surface area contributed by atoms with Crippen LogP contribution in [0.3, 0.4) is 0 Å². The van der Waals surface area contributed by atoms with Crippen LogP contribution in [-0.2, 0) is 0 Å². The maximum Gasteiger partial charge on any atom is 0.151 e. The predicted octanol–water partition coefficient (Wildman–Crippen LogP) is 2.81. The van der Waals surface area contributed by atoms with Crippen LogP contribution in [-0.4, -0.2) is 10.2 Å². The minimum Gasteiger partial charge on any atom is -0.207 e. The Balaban J connectivity index is 2.52. The second-order valence-electron chi connectivity index (χ2n) is 3.08. The molecule has 3 nitrogen and oxygen atoms in total. The SMILES string of the molecule is N#Cc1cc(F)cc(-c2ccc(Cl)nn2)c1. The normalized spacial score (nSPS) is 9.81. The maximum atomic E-state index is 13.2. The molecule has 0 aliphatic rings. The lowest BCUT2D eigenvalue weighted by molar-refractivity contribution is 0.627. The molecular formula is C11H5ClFN3. The van der Waals surface area contributed by atoms with Gasteiger partial charge >= 0.3 is 0 Å². The average molecular weight is 234 g/mol. The van der Waals surface area contributed by atoms with E-state index in [0.29, 0.717) is 11.3 Å².